The van der Waals surface area contributed by atoms with Crippen LogP contribution in [-0.2, 0) is 23.9 Å². The maximum absolute atomic E-state index is 12.9. The van der Waals surface area contributed by atoms with Crippen molar-refractivity contribution in [2.45, 2.75) is 25.6 Å². The maximum atomic E-state index is 12.9. The normalized spacial score (nSPS) is 15.0. The van der Waals surface area contributed by atoms with Gasteiger partial charge in [-0.05, 0) is 36.2 Å². The number of nitrogens with zero attached hydrogens (tertiary/aromatic N) is 5. The van der Waals surface area contributed by atoms with E-state index in [4.69, 9.17) is 5.11 Å². The number of hydrogen-bond acceptors (Lipinski definition) is 6. The summed E-state index contributed by atoms with van der Waals surface area (Å²) < 4.78 is 40.2. The van der Waals surface area contributed by atoms with Gasteiger partial charge in [-0.1, -0.05) is 12.1 Å². The third kappa shape index (κ3) is 6.23. The molecule has 0 radical (unpaired) electrons. The Morgan fingerprint density at radius 1 is 1.06 bits per heavy atom. The number of rotatable bonds is 8. The van der Waals surface area contributed by atoms with E-state index in [2.05, 4.69) is 15.0 Å². The van der Waals surface area contributed by atoms with Crippen LogP contribution in [0.25, 0.3) is 10.9 Å². The van der Waals surface area contributed by atoms with Gasteiger partial charge in [0, 0.05) is 57.3 Å². The average molecular weight is 489 g/mol. The summed E-state index contributed by atoms with van der Waals surface area (Å²) in [5.74, 6) is -0.554. The summed E-state index contributed by atoms with van der Waals surface area (Å²) in [5, 5.41) is 14.1. The zero-order valence-electron chi connectivity index (χ0n) is 19.0. The molecule has 8 nitrogen and oxygen atoms in total. The molecule has 3 heterocycles. The van der Waals surface area contributed by atoms with Crippen LogP contribution in [0.15, 0.2) is 42.6 Å². The molecule has 35 heavy (non-hydrogen) atoms. The molecule has 11 heteroatoms. The number of ketones is 1. The first-order valence-corrected chi connectivity index (χ1v) is 11.4. The molecule has 0 spiro atoms. The predicted octanol–water partition coefficient (Wildman–Crippen LogP) is 2.40. The van der Waals surface area contributed by atoms with Gasteiger partial charge in [0.05, 0.1) is 5.52 Å². The lowest BCUT2D eigenvalue weighted by Crippen LogP contribution is -2.49. The number of aliphatic hydroxyl groups is 1. The molecule has 2 aromatic heterocycles. The summed E-state index contributed by atoms with van der Waals surface area (Å²) in [7, 11) is 0. The molecule has 1 aromatic carbocycles. The first-order chi connectivity index (χ1) is 16.7. The number of pyridine rings is 1. The van der Waals surface area contributed by atoms with Gasteiger partial charge >= 0.3 is 6.18 Å². The molecule has 0 bridgehead atoms. The number of piperazine rings is 1. The molecule has 1 amide bonds. The molecule has 3 aromatic rings. The molecule has 1 aliphatic heterocycles. The number of carbonyl (C=O) groups is 2. The molecule has 186 valence electrons. The number of aliphatic hydroxyl groups excluding tert-OH is 1. The fourth-order valence-corrected chi connectivity index (χ4v) is 4.09. The first-order valence-electron chi connectivity index (χ1n) is 11.4. The van der Waals surface area contributed by atoms with Crippen molar-refractivity contribution < 1.29 is 27.9 Å². The lowest BCUT2D eigenvalue weighted by molar-refractivity contribution is -0.141. The van der Waals surface area contributed by atoms with Gasteiger partial charge in [-0.3, -0.25) is 19.2 Å². The van der Waals surface area contributed by atoms with E-state index in [1.54, 1.807) is 34.0 Å². The van der Waals surface area contributed by atoms with Gasteiger partial charge in [-0.15, -0.1) is 0 Å². The molecule has 4 rings (SSSR count). The number of alkyl halides is 3. The van der Waals surface area contributed by atoms with Gasteiger partial charge in [0.1, 0.15) is 17.9 Å². The lowest BCUT2D eigenvalue weighted by Gasteiger charge is -2.34. The highest BCUT2D eigenvalue weighted by Gasteiger charge is 2.33. The fourth-order valence-electron chi connectivity index (χ4n) is 4.09. The van der Waals surface area contributed by atoms with Crippen molar-refractivity contribution in [1.82, 2.24) is 24.6 Å². The van der Waals surface area contributed by atoms with E-state index in [1.807, 2.05) is 0 Å². The van der Waals surface area contributed by atoms with Crippen LogP contribution >= 0.6 is 0 Å². The largest absolute Gasteiger partial charge is 0.433 e. The molecule has 0 unspecified atom stereocenters. The number of amides is 1. The highest BCUT2D eigenvalue weighted by atomic mass is 19.4. The summed E-state index contributed by atoms with van der Waals surface area (Å²) in [5.41, 5.74) is -0.0689. The minimum atomic E-state index is -4.62. The van der Waals surface area contributed by atoms with Crippen LogP contribution in [0.2, 0.25) is 0 Å². The minimum Gasteiger partial charge on any atom is -0.396 e. The Labute approximate surface area is 200 Å². The van der Waals surface area contributed by atoms with Crippen molar-refractivity contribution in [3.63, 3.8) is 0 Å². The number of carbonyl (C=O) groups excluding carboxylic acids is 2. The quantitative estimate of drug-likeness (QED) is 0.489. The molecular weight excluding hydrogens is 463 g/mol. The van der Waals surface area contributed by atoms with E-state index in [0.717, 1.165) is 37.5 Å². The molecule has 1 N–H and O–H groups in total. The zero-order valence-corrected chi connectivity index (χ0v) is 19.0. The highest BCUT2D eigenvalue weighted by molar-refractivity contribution is 5.96. The third-order valence-corrected chi connectivity index (χ3v) is 5.96. The predicted molar refractivity (Wildman–Crippen MR) is 122 cm³/mol. The third-order valence-electron chi connectivity index (χ3n) is 5.96. The number of aromatic nitrogens is 3. The van der Waals surface area contributed by atoms with Gasteiger partial charge in [0.25, 0.3) is 0 Å². The van der Waals surface area contributed by atoms with Crippen LogP contribution in [-0.4, -0.2) is 80.7 Å². The first kappa shape index (κ1) is 24.8. The second-order valence-corrected chi connectivity index (χ2v) is 8.53. The van der Waals surface area contributed by atoms with E-state index in [-0.39, 0.29) is 31.2 Å². The number of hydrogen-bond donors (Lipinski definition) is 1. The highest BCUT2D eigenvalue weighted by Crippen LogP contribution is 2.27. The van der Waals surface area contributed by atoms with Gasteiger partial charge in [0.2, 0.25) is 5.91 Å². The Balaban J connectivity index is 1.38. The number of halogens is 3. The van der Waals surface area contributed by atoms with Crippen molar-refractivity contribution in [3.05, 3.63) is 59.5 Å². The molecule has 1 aliphatic rings. The summed E-state index contributed by atoms with van der Waals surface area (Å²) in [4.78, 5) is 32.7. The smallest absolute Gasteiger partial charge is 0.396 e. The Hall–Kier alpha value is -3.31. The molecule has 1 saturated heterocycles. The van der Waals surface area contributed by atoms with E-state index in [1.165, 1.54) is 12.1 Å². The van der Waals surface area contributed by atoms with Crippen LogP contribution in [0, 0.1) is 0 Å². The number of benzene rings is 1. The average Bonchev–Trinajstić information content (AvgIpc) is 3.24. The van der Waals surface area contributed by atoms with E-state index in [9.17, 15) is 22.8 Å². The van der Waals surface area contributed by atoms with Gasteiger partial charge in [-0.25, -0.2) is 4.98 Å². The van der Waals surface area contributed by atoms with E-state index >= 15 is 0 Å². The summed E-state index contributed by atoms with van der Waals surface area (Å²) in [6.07, 6.45) is -2.28. The second-order valence-electron chi connectivity index (χ2n) is 8.53. The fraction of sp³-hybridized carbons (Fsp3) is 0.417. The van der Waals surface area contributed by atoms with Crippen molar-refractivity contribution >= 4 is 22.6 Å². The van der Waals surface area contributed by atoms with Crippen LogP contribution in [0.4, 0.5) is 13.2 Å². The SMILES string of the molecule is O=C(Cc1ccc2nn(CC(=O)N3CCN(CCCO)CC3)cc2c1)c1cccc(C(F)(F)F)n1. The monoisotopic (exact) mass is 489 g/mol. The van der Waals surface area contributed by atoms with Gasteiger partial charge < -0.3 is 10.0 Å². The van der Waals surface area contributed by atoms with E-state index < -0.39 is 17.7 Å². The maximum Gasteiger partial charge on any atom is 0.433 e. The van der Waals surface area contributed by atoms with Crippen molar-refractivity contribution in [1.29, 1.82) is 0 Å². The topological polar surface area (TPSA) is 91.6 Å². The van der Waals surface area contributed by atoms with E-state index in [0.29, 0.717) is 24.2 Å². The standard InChI is InChI=1S/C24H26F3N5O3/c25-24(26,27)22-4-1-3-20(28-22)21(34)14-17-5-6-19-18(13-17)15-32(29-19)16-23(35)31-10-8-30(9-11-31)7-2-12-33/h1,3-6,13,15,33H,2,7-12,14,16H2. The molecule has 0 saturated carbocycles. The molecule has 0 atom stereocenters. The van der Waals surface area contributed by atoms with Crippen LogP contribution in [0.3, 0.4) is 0 Å². The van der Waals surface area contributed by atoms with Gasteiger partial charge in [0.15, 0.2) is 5.78 Å². The summed E-state index contributed by atoms with van der Waals surface area (Å²) >= 11 is 0. The Bertz CT molecular complexity index is 1200. The number of fused-ring (bicyclic) bond motifs is 1. The van der Waals surface area contributed by atoms with Crippen LogP contribution in [0.5, 0.6) is 0 Å². The molecular formula is C24H26F3N5O3. The van der Waals surface area contributed by atoms with Crippen molar-refractivity contribution in [2.75, 3.05) is 39.3 Å². The Morgan fingerprint density at radius 3 is 2.54 bits per heavy atom. The van der Waals surface area contributed by atoms with Crippen molar-refractivity contribution in [2.24, 2.45) is 0 Å². The minimum absolute atomic E-state index is 0.0364. The van der Waals surface area contributed by atoms with Gasteiger partial charge in [-0.2, -0.15) is 18.3 Å². The second kappa shape index (κ2) is 10.5. The molecule has 1 fully saturated rings. The Kier molecular flexibility index (Phi) is 7.46. The number of Topliss-reactive ketones (excluding diaryl/α,β-unsaturated/α-hetero) is 1. The zero-order chi connectivity index (χ0) is 25.0. The lowest BCUT2D eigenvalue weighted by atomic mass is 10.0. The van der Waals surface area contributed by atoms with Crippen LogP contribution in [0.1, 0.15) is 28.2 Å². The van der Waals surface area contributed by atoms with Crippen molar-refractivity contribution in [3.8, 4) is 0 Å². The molecule has 0 aliphatic carbocycles. The summed E-state index contributed by atoms with van der Waals surface area (Å²) in [6.45, 7) is 3.85. The van der Waals surface area contributed by atoms with Crippen LogP contribution < -0.4 is 0 Å². The summed E-state index contributed by atoms with van der Waals surface area (Å²) in [6, 6.07) is 8.43. The Morgan fingerprint density at radius 2 is 1.83 bits per heavy atom.